The second kappa shape index (κ2) is 11.3. The molecule has 2 aliphatic heterocycles. The highest BCUT2D eigenvalue weighted by Crippen LogP contribution is 2.51. The lowest BCUT2D eigenvalue weighted by Gasteiger charge is -2.40. The molecule has 6 rings (SSSR count). The highest BCUT2D eigenvalue weighted by Gasteiger charge is 2.40. The molecule has 2 fully saturated rings. The van der Waals surface area contributed by atoms with Gasteiger partial charge in [-0.15, -0.1) is 0 Å². The van der Waals surface area contributed by atoms with E-state index in [4.69, 9.17) is 31.5 Å². The number of hydrogen-bond donors (Lipinski definition) is 0. The number of carbonyl (C=O) groups excluding carboxylic acids is 3. The van der Waals surface area contributed by atoms with Gasteiger partial charge in [-0.3, -0.25) is 0 Å². The Kier molecular flexibility index (Phi) is 4.17. The first-order valence-electron chi connectivity index (χ1n) is 21.1. The van der Waals surface area contributed by atoms with Crippen molar-refractivity contribution in [1.82, 2.24) is 0 Å². The van der Waals surface area contributed by atoms with E-state index in [2.05, 4.69) is 0 Å². The van der Waals surface area contributed by atoms with E-state index in [0.717, 1.165) is 5.56 Å². The first-order chi connectivity index (χ1) is 26.0. The molecule has 6 heteroatoms. The van der Waals surface area contributed by atoms with Crippen LogP contribution in [0.5, 0.6) is 0 Å². The predicted molar refractivity (Wildman–Crippen MR) is 163 cm³/mol. The van der Waals surface area contributed by atoms with Gasteiger partial charge in [0.1, 0.15) is 18.5 Å². The number of anilines is 1. The Hall–Kier alpha value is -4.02. The first kappa shape index (κ1) is 15.5. The summed E-state index contributed by atoms with van der Waals surface area (Å²) in [6.45, 7) is -3.75. The number of hydrogen-bond acceptors (Lipinski definition) is 5. The van der Waals surface area contributed by atoms with E-state index in [1.807, 2.05) is 20.8 Å². The van der Waals surface area contributed by atoms with Crippen LogP contribution in [-0.4, -0.2) is 48.4 Å². The van der Waals surface area contributed by atoms with Gasteiger partial charge in [-0.2, -0.15) is 9.59 Å². The molecule has 2 heterocycles. The lowest BCUT2D eigenvalue weighted by atomic mass is 9.64. The quantitative estimate of drug-likeness (QED) is 0.466. The summed E-state index contributed by atoms with van der Waals surface area (Å²) in [6, 6.07) is 8.86. The fraction of sp³-hybridized carbons (Fsp3) is 0.417. The maximum Gasteiger partial charge on any atom is 0.373 e. The molecule has 2 aliphatic carbocycles. The summed E-state index contributed by atoms with van der Waals surface area (Å²) >= 11 is 0. The third-order valence-corrected chi connectivity index (χ3v) is 7.58. The number of carbonyl (C=O) groups is 1. The second-order valence-electron chi connectivity index (χ2n) is 11.5. The Bertz CT molecular complexity index is 2240. The number of nitrogens with zero attached hydrogens (tertiary/aromatic N) is 2. The Morgan fingerprint density at radius 2 is 1.64 bits per heavy atom. The molecule has 6 nitrogen and oxygen atoms in total. The molecule has 2 aromatic rings. The number of fused-ring (bicyclic) bond motifs is 2. The van der Waals surface area contributed by atoms with Crippen molar-refractivity contribution in [2.45, 2.75) is 70.9 Å². The lowest BCUT2D eigenvalue weighted by Crippen LogP contribution is -2.32. The van der Waals surface area contributed by atoms with Crippen LogP contribution in [0.1, 0.15) is 115 Å². The molecule has 0 amide bonds. The van der Waals surface area contributed by atoms with Crippen LogP contribution in [-0.2, 0) is 20.4 Å². The molecule has 0 aromatic heterocycles. The Morgan fingerprint density at radius 1 is 0.976 bits per heavy atom. The zero-order valence-corrected chi connectivity index (χ0v) is 23.7. The molecular formula is C36H40N2O4. The van der Waals surface area contributed by atoms with Gasteiger partial charge in [0.05, 0.1) is 5.97 Å². The Balaban J connectivity index is 0.00000207. The van der Waals surface area contributed by atoms with E-state index in [-0.39, 0.29) is 28.7 Å². The molecule has 0 saturated carbocycles. The van der Waals surface area contributed by atoms with Gasteiger partial charge in [0.15, 0.2) is 5.71 Å². The number of allylic oxidation sites excluding steroid dienone is 5. The van der Waals surface area contributed by atoms with Crippen molar-refractivity contribution in [2.24, 2.45) is 0 Å². The van der Waals surface area contributed by atoms with Gasteiger partial charge < -0.3 is 14.8 Å². The van der Waals surface area contributed by atoms with Crippen LogP contribution in [0.25, 0.3) is 5.57 Å². The van der Waals surface area contributed by atoms with Crippen molar-refractivity contribution in [2.75, 3.05) is 30.9 Å². The summed E-state index contributed by atoms with van der Waals surface area (Å²) in [7, 11) is 0. The van der Waals surface area contributed by atoms with Crippen LogP contribution in [0, 0.1) is 0 Å². The predicted octanol–water partition coefficient (Wildman–Crippen LogP) is 5.20. The normalized spacial score (nSPS) is 34.3. The summed E-state index contributed by atoms with van der Waals surface area (Å²) in [4.78, 5) is 29.4. The van der Waals surface area contributed by atoms with E-state index in [1.165, 1.54) is 42.5 Å². The van der Waals surface area contributed by atoms with Crippen molar-refractivity contribution in [3.63, 3.8) is 0 Å². The monoisotopic (exact) mass is 580 g/mol. The zero-order valence-electron chi connectivity index (χ0n) is 39.7. The van der Waals surface area contributed by atoms with Gasteiger partial charge >= 0.3 is 6.15 Å². The van der Waals surface area contributed by atoms with E-state index >= 15 is 0 Å². The number of benzene rings is 2. The number of carboxylic acids is 1. The minimum Gasteiger partial charge on any atom is -0.545 e. The second-order valence-corrected chi connectivity index (χ2v) is 11.5. The Morgan fingerprint density at radius 3 is 2.26 bits per heavy atom. The summed E-state index contributed by atoms with van der Waals surface area (Å²) < 4.78 is 136. The topological polar surface area (TPSA) is 80.5 Å². The van der Waals surface area contributed by atoms with Crippen molar-refractivity contribution >= 4 is 29.1 Å². The van der Waals surface area contributed by atoms with Crippen LogP contribution < -0.4 is 10.0 Å². The fourth-order valence-electron chi connectivity index (χ4n) is 5.44. The highest BCUT2D eigenvalue weighted by atomic mass is 16.4. The van der Waals surface area contributed by atoms with E-state index in [9.17, 15) is 9.90 Å². The van der Waals surface area contributed by atoms with Gasteiger partial charge in [-0.25, -0.2) is 4.58 Å². The van der Waals surface area contributed by atoms with E-state index < -0.39 is 68.3 Å². The maximum absolute atomic E-state index is 12.7. The van der Waals surface area contributed by atoms with Crippen molar-refractivity contribution in [3.05, 3.63) is 93.6 Å². The highest BCUT2D eigenvalue weighted by molar-refractivity contribution is 6.08. The van der Waals surface area contributed by atoms with Crippen LogP contribution in [0.3, 0.4) is 0 Å². The third-order valence-electron chi connectivity index (χ3n) is 7.58. The fourth-order valence-corrected chi connectivity index (χ4v) is 5.44. The van der Waals surface area contributed by atoms with Gasteiger partial charge in [0, 0.05) is 71.0 Å². The molecule has 0 spiro atoms. The Labute approximate surface area is 271 Å². The molecule has 218 valence electrons. The summed E-state index contributed by atoms with van der Waals surface area (Å²) in [5.74, 6) is -1.52. The molecule has 0 bridgehead atoms. The minimum atomic E-state index is -3.34. The lowest BCUT2D eigenvalue weighted by molar-refractivity contribution is -0.504. The number of aromatic carboxylic acids is 1. The standard InChI is InChI=1S/C35H40N2O2.CO2/c1-34(2,3)23-10-13-26(33(38)39)29(20-23)32-27-14-11-24(36-16-6-7-17-36)21-30(27)35(4,5)31-22-25(12-15-28(31)32)37-18-8-9-19-37;2-1-3/h10-15,20-22H,6-9,16-19H2,1-5H3;/i6D2,7D2,8D2,9D2,16D2,17D2,18D2,19D2;. The van der Waals surface area contributed by atoms with Gasteiger partial charge in [-0.1, -0.05) is 52.8 Å². The molecule has 0 atom stereocenters. The smallest absolute Gasteiger partial charge is 0.373 e. The van der Waals surface area contributed by atoms with E-state index in [1.54, 1.807) is 26.0 Å². The molecule has 42 heavy (non-hydrogen) atoms. The van der Waals surface area contributed by atoms with Gasteiger partial charge in [0.25, 0.3) is 0 Å². The summed E-state index contributed by atoms with van der Waals surface area (Å²) in [6.07, 6.45) is -8.97. The third kappa shape index (κ3) is 5.32. The van der Waals surface area contributed by atoms with Crippen molar-refractivity contribution in [1.29, 1.82) is 0 Å². The van der Waals surface area contributed by atoms with Crippen LogP contribution in [0.4, 0.5) is 5.69 Å². The average molecular weight is 581 g/mol. The maximum atomic E-state index is 12.7. The number of carboxylic acid groups (broad SMARTS) is 1. The molecule has 0 unspecified atom stereocenters. The summed E-state index contributed by atoms with van der Waals surface area (Å²) in [5.41, 5.74) is 0.116. The van der Waals surface area contributed by atoms with Gasteiger partial charge in [-0.05, 0) is 81.4 Å². The van der Waals surface area contributed by atoms with Crippen LogP contribution >= 0.6 is 0 Å². The number of rotatable bonds is 3. The largest absolute Gasteiger partial charge is 0.545 e. The summed E-state index contributed by atoms with van der Waals surface area (Å²) in [5, 5.41) is 12.7. The van der Waals surface area contributed by atoms with Crippen LogP contribution in [0.2, 0.25) is 0 Å². The van der Waals surface area contributed by atoms with Crippen LogP contribution in [0.15, 0.2) is 65.8 Å². The van der Waals surface area contributed by atoms with Crippen molar-refractivity contribution in [3.8, 4) is 0 Å². The molecule has 0 N–H and O–H groups in total. The SMILES string of the molecule is O=C=O.[2H]C1([2H])N(c2ccc3c(c2)C(C)(C)C2=CC(=[N+]4C([2H])([2H])C([2H])([2H])C([2H])([2H])C4([2H])[2H])C=CC2=C3c2cc(C(C)(C)C)ccc2C(=O)[O-])C([2H])([2H])C([2H])([2H])C1([2H])[2H]. The average Bonchev–Trinajstić information content (AvgIpc) is 3.19. The molecule has 0 radical (unpaired) electrons. The van der Waals surface area contributed by atoms with E-state index in [0.29, 0.717) is 37.3 Å². The molecular weight excluding hydrogens is 524 g/mol. The zero-order chi connectivity index (χ0) is 44.6. The molecule has 4 aliphatic rings. The van der Waals surface area contributed by atoms with Crippen molar-refractivity contribution < 1.29 is 46.0 Å². The minimum absolute atomic E-state index is 0.185. The van der Waals surface area contributed by atoms with Gasteiger partial charge in [0.2, 0.25) is 0 Å². The first-order valence-corrected chi connectivity index (χ1v) is 13.1. The molecule has 2 saturated heterocycles. The molecule has 2 aromatic carbocycles.